The fourth-order valence-corrected chi connectivity index (χ4v) is 2.93. The number of benzene rings is 2. The normalized spacial score (nSPS) is 11.3. The molecule has 124 valence electrons. The van der Waals surface area contributed by atoms with Crippen LogP contribution in [-0.2, 0) is 6.54 Å². The standard InChI is InChI=1S/C18H12ClN3O3/c1-10-6-16-13(8-14(10)19)11(7-17(23)25-16)9-22-18(24)12-4-2-3-5-15(12)20-21-22/h2-8H,9H2,1H3. The second-order valence-corrected chi connectivity index (χ2v) is 6.16. The Balaban J connectivity index is 1.92. The Kier molecular flexibility index (Phi) is 3.62. The van der Waals surface area contributed by atoms with Gasteiger partial charge in [0.1, 0.15) is 11.1 Å². The summed E-state index contributed by atoms with van der Waals surface area (Å²) in [7, 11) is 0. The third kappa shape index (κ3) is 2.70. The molecule has 2 heterocycles. The molecule has 7 heteroatoms. The number of nitrogens with zero attached hydrogens (tertiary/aromatic N) is 3. The molecular formula is C18H12ClN3O3. The summed E-state index contributed by atoms with van der Waals surface area (Å²) in [6.07, 6.45) is 0. The van der Waals surface area contributed by atoms with Gasteiger partial charge in [-0.3, -0.25) is 4.79 Å². The van der Waals surface area contributed by atoms with E-state index in [-0.39, 0.29) is 12.1 Å². The first-order chi connectivity index (χ1) is 12.0. The monoisotopic (exact) mass is 353 g/mol. The number of rotatable bonds is 2. The van der Waals surface area contributed by atoms with Gasteiger partial charge in [0.05, 0.1) is 11.9 Å². The number of hydrogen-bond acceptors (Lipinski definition) is 5. The van der Waals surface area contributed by atoms with Crippen LogP contribution in [0.3, 0.4) is 0 Å². The van der Waals surface area contributed by atoms with Crippen molar-refractivity contribution in [2.75, 3.05) is 0 Å². The van der Waals surface area contributed by atoms with Crippen LogP contribution >= 0.6 is 11.6 Å². The van der Waals surface area contributed by atoms with Gasteiger partial charge in [0.15, 0.2) is 0 Å². The lowest BCUT2D eigenvalue weighted by molar-refractivity contribution is 0.551. The molecule has 0 spiro atoms. The maximum absolute atomic E-state index is 12.6. The summed E-state index contributed by atoms with van der Waals surface area (Å²) in [5.41, 5.74) is 1.58. The van der Waals surface area contributed by atoms with E-state index < -0.39 is 5.63 Å². The zero-order valence-electron chi connectivity index (χ0n) is 13.2. The SMILES string of the molecule is Cc1cc2oc(=O)cc(Cn3nnc4ccccc4c3=O)c2cc1Cl. The Morgan fingerprint density at radius 2 is 1.92 bits per heavy atom. The molecule has 0 N–H and O–H groups in total. The first kappa shape index (κ1) is 15.5. The van der Waals surface area contributed by atoms with Gasteiger partial charge in [-0.25, -0.2) is 9.48 Å². The Morgan fingerprint density at radius 1 is 1.12 bits per heavy atom. The van der Waals surface area contributed by atoms with Gasteiger partial charge in [0.2, 0.25) is 0 Å². The van der Waals surface area contributed by atoms with Gasteiger partial charge < -0.3 is 4.42 Å². The molecule has 0 fully saturated rings. The molecule has 2 aromatic carbocycles. The molecule has 0 radical (unpaired) electrons. The zero-order valence-corrected chi connectivity index (χ0v) is 13.9. The molecule has 4 rings (SSSR count). The summed E-state index contributed by atoms with van der Waals surface area (Å²) in [6.45, 7) is 1.92. The van der Waals surface area contributed by atoms with E-state index in [9.17, 15) is 9.59 Å². The van der Waals surface area contributed by atoms with Crippen molar-refractivity contribution in [3.8, 4) is 0 Å². The predicted octanol–water partition coefficient (Wildman–Crippen LogP) is 2.91. The summed E-state index contributed by atoms with van der Waals surface area (Å²) in [5.74, 6) is 0. The lowest BCUT2D eigenvalue weighted by Gasteiger charge is -2.08. The lowest BCUT2D eigenvalue weighted by atomic mass is 10.1. The molecular weight excluding hydrogens is 342 g/mol. The summed E-state index contributed by atoms with van der Waals surface area (Å²) < 4.78 is 6.47. The first-order valence-electron chi connectivity index (χ1n) is 7.58. The Bertz CT molecular complexity index is 1240. The van der Waals surface area contributed by atoms with Gasteiger partial charge in [-0.1, -0.05) is 28.9 Å². The third-order valence-electron chi connectivity index (χ3n) is 4.06. The van der Waals surface area contributed by atoms with Gasteiger partial charge in [-0.15, -0.1) is 5.10 Å². The molecule has 0 atom stereocenters. The van der Waals surface area contributed by atoms with E-state index in [1.807, 2.05) is 6.92 Å². The second kappa shape index (κ2) is 5.82. The van der Waals surface area contributed by atoms with Crippen LogP contribution < -0.4 is 11.2 Å². The number of hydrogen-bond donors (Lipinski definition) is 0. The molecule has 0 saturated carbocycles. The van der Waals surface area contributed by atoms with Crippen LogP contribution in [0.2, 0.25) is 5.02 Å². The van der Waals surface area contributed by atoms with Gasteiger partial charge in [-0.05, 0) is 42.3 Å². The molecule has 2 aromatic heterocycles. The molecule has 0 bridgehead atoms. The average Bonchev–Trinajstić information content (AvgIpc) is 2.59. The number of aryl methyl sites for hydroxylation is 1. The summed E-state index contributed by atoms with van der Waals surface area (Å²) in [6, 6.07) is 11.8. The van der Waals surface area contributed by atoms with Crippen molar-refractivity contribution in [2.24, 2.45) is 0 Å². The summed E-state index contributed by atoms with van der Waals surface area (Å²) in [4.78, 5) is 24.5. The molecule has 0 aliphatic carbocycles. The van der Waals surface area contributed by atoms with Crippen molar-refractivity contribution in [1.29, 1.82) is 0 Å². The maximum atomic E-state index is 12.6. The molecule has 0 aliphatic heterocycles. The highest BCUT2D eigenvalue weighted by molar-refractivity contribution is 6.32. The van der Waals surface area contributed by atoms with Crippen molar-refractivity contribution in [1.82, 2.24) is 15.0 Å². The molecule has 0 saturated heterocycles. The quantitative estimate of drug-likeness (QED) is 0.518. The largest absolute Gasteiger partial charge is 0.423 e. The van der Waals surface area contributed by atoms with E-state index in [4.69, 9.17) is 16.0 Å². The molecule has 6 nitrogen and oxygen atoms in total. The fourth-order valence-electron chi connectivity index (χ4n) is 2.77. The second-order valence-electron chi connectivity index (χ2n) is 5.76. The Morgan fingerprint density at radius 3 is 2.76 bits per heavy atom. The van der Waals surface area contributed by atoms with Crippen molar-refractivity contribution >= 4 is 33.5 Å². The molecule has 0 amide bonds. The van der Waals surface area contributed by atoms with Crippen LogP contribution in [0.4, 0.5) is 0 Å². The molecule has 4 aromatic rings. The zero-order chi connectivity index (χ0) is 17.6. The minimum absolute atomic E-state index is 0.0954. The van der Waals surface area contributed by atoms with Gasteiger partial charge >= 0.3 is 5.63 Å². The van der Waals surface area contributed by atoms with E-state index >= 15 is 0 Å². The van der Waals surface area contributed by atoms with E-state index in [1.54, 1.807) is 36.4 Å². The van der Waals surface area contributed by atoms with Crippen molar-refractivity contribution < 1.29 is 4.42 Å². The highest BCUT2D eigenvalue weighted by atomic mass is 35.5. The topological polar surface area (TPSA) is 78.0 Å². The lowest BCUT2D eigenvalue weighted by Crippen LogP contribution is -2.25. The van der Waals surface area contributed by atoms with Gasteiger partial charge in [0.25, 0.3) is 5.56 Å². The molecule has 0 aliphatic rings. The van der Waals surface area contributed by atoms with Crippen LogP contribution in [0.15, 0.2) is 56.5 Å². The first-order valence-corrected chi connectivity index (χ1v) is 7.96. The summed E-state index contributed by atoms with van der Waals surface area (Å²) >= 11 is 6.20. The summed E-state index contributed by atoms with van der Waals surface area (Å²) in [5, 5.41) is 9.71. The van der Waals surface area contributed by atoms with Crippen LogP contribution in [0.5, 0.6) is 0 Å². The number of halogens is 1. The Hall–Kier alpha value is -2.99. The minimum Gasteiger partial charge on any atom is -0.423 e. The average molecular weight is 354 g/mol. The smallest absolute Gasteiger partial charge is 0.336 e. The molecule has 0 unspecified atom stereocenters. The maximum Gasteiger partial charge on any atom is 0.336 e. The van der Waals surface area contributed by atoms with E-state index in [1.165, 1.54) is 10.7 Å². The van der Waals surface area contributed by atoms with Gasteiger partial charge in [0, 0.05) is 16.5 Å². The van der Waals surface area contributed by atoms with E-state index in [0.717, 1.165) is 5.56 Å². The number of aromatic nitrogens is 3. The predicted molar refractivity (Wildman–Crippen MR) is 95.1 cm³/mol. The minimum atomic E-state index is -0.494. The van der Waals surface area contributed by atoms with E-state index in [0.29, 0.717) is 32.5 Å². The Labute approximate surface area is 146 Å². The van der Waals surface area contributed by atoms with Crippen LogP contribution in [0.25, 0.3) is 21.9 Å². The highest BCUT2D eigenvalue weighted by Crippen LogP contribution is 2.25. The highest BCUT2D eigenvalue weighted by Gasteiger charge is 2.12. The third-order valence-corrected chi connectivity index (χ3v) is 4.47. The van der Waals surface area contributed by atoms with E-state index in [2.05, 4.69) is 10.3 Å². The van der Waals surface area contributed by atoms with Gasteiger partial charge in [-0.2, -0.15) is 0 Å². The fraction of sp³-hybridized carbons (Fsp3) is 0.111. The van der Waals surface area contributed by atoms with Crippen molar-refractivity contribution in [3.05, 3.63) is 79.4 Å². The van der Waals surface area contributed by atoms with Crippen LogP contribution in [-0.4, -0.2) is 15.0 Å². The van der Waals surface area contributed by atoms with Crippen molar-refractivity contribution in [2.45, 2.75) is 13.5 Å². The van der Waals surface area contributed by atoms with Crippen molar-refractivity contribution in [3.63, 3.8) is 0 Å². The number of fused-ring (bicyclic) bond motifs is 2. The molecule has 25 heavy (non-hydrogen) atoms. The van der Waals surface area contributed by atoms with Crippen LogP contribution in [0, 0.1) is 6.92 Å². The van der Waals surface area contributed by atoms with Crippen LogP contribution in [0.1, 0.15) is 11.1 Å².